The van der Waals surface area contributed by atoms with E-state index in [0.717, 1.165) is 18.8 Å². The molecule has 0 aromatic rings. The number of carbonyl (C=O) groups is 1. The zero-order valence-electron chi connectivity index (χ0n) is 8.03. The summed E-state index contributed by atoms with van der Waals surface area (Å²) in [7, 11) is 1.76. The maximum Gasteiger partial charge on any atom is 0.141 e. The number of ether oxygens (including phenoxy) is 1. The first kappa shape index (κ1) is 7.98. The van der Waals surface area contributed by atoms with Gasteiger partial charge in [0.25, 0.3) is 0 Å². The lowest BCUT2D eigenvalue weighted by Gasteiger charge is -2.52. The second-order valence-corrected chi connectivity index (χ2v) is 4.98. The Morgan fingerprint density at radius 1 is 1.23 bits per heavy atom. The number of methoxy groups -OCH3 is 1. The molecule has 5 atom stereocenters. The van der Waals surface area contributed by atoms with Crippen LogP contribution in [0.5, 0.6) is 0 Å². The minimum atomic E-state index is 0.264. The lowest BCUT2D eigenvalue weighted by molar-refractivity contribution is -0.158. The van der Waals surface area contributed by atoms with E-state index in [0.29, 0.717) is 17.6 Å². The van der Waals surface area contributed by atoms with Gasteiger partial charge >= 0.3 is 0 Å². The van der Waals surface area contributed by atoms with Crippen LogP contribution in [-0.2, 0) is 9.53 Å². The molecule has 13 heavy (non-hydrogen) atoms. The lowest BCUT2D eigenvalue weighted by atomic mass is 9.54. The standard InChI is InChI=1S/C11H16O2/c1-13-11-8-3-6-2-7(5-8)10(12)9(11)4-6/h6-9,11H,2-5H2,1H3/t6-,7+,8-,9+,11+/m0/s1. The molecule has 0 heterocycles. The van der Waals surface area contributed by atoms with Gasteiger partial charge in [0.1, 0.15) is 5.78 Å². The van der Waals surface area contributed by atoms with E-state index in [9.17, 15) is 4.79 Å². The summed E-state index contributed by atoms with van der Waals surface area (Å²) in [5.41, 5.74) is 0. The van der Waals surface area contributed by atoms with Crippen LogP contribution in [0.3, 0.4) is 0 Å². The Morgan fingerprint density at radius 2 is 2.08 bits per heavy atom. The van der Waals surface area contributed by atoms with Crippen LogP contribution in [0.1, 0.15) is 25.7 Å². The molecule has 4 fully saturated rings. The summed E-state index contributed by atoms with van der Waals surface area (Å²) in [6, 6.07) is 0. The summed E-state index contributed by atoms with van der Waals surface area (Å²) >= 11 is 0. The van der Waals surface area contributed by atoms with Gasteiger partial charge in [0.2, 0.25) is 0 Å². The van der Waals surface area contributed by atoms with E-state index in [1.807, 2.05) is 0 Å². The van der Waals surface area contributed by atoms with Crippen LogP contribution in [-0.4, -0.2) is 19.0 Å². The first-order valence-electron chi connectivity index (χ1n) is 5.36. The van der Waals surface area contributed by atoms with Gasteiger partial charge in [0.05, 0.1) is 6.10 Å². The highest BCUT2D eigenvalue weighted by molar-refractivity contribution is 5.86. The van der Waals surface area contributed by atoms with Crippen molar-refractivity contribution in [2.75, 3.05) is 7.11 Å². The normalized spacial score (nSPS) is 53.0. The van der Waals surface area contributed by atoms with E-state index in [-0.39, 0.29) is 12.0 Å². The summed E-state index contributed by atoms with van der Waals surface area (Å²) in [5, 5.41) is 0. The molecule has 0 N–H and O–H groups in total. The van der Waals surface area contributed by atoms with E-state index in [2.05, 4.69) is 0 Å². The molecule has 4 aliphatic rings. The van der Waals surface area contributed by atoms with Crippen molar-refractivity contribution < 1.29 is 9.53 Å². The average molecular weight is 180 g/mol. The largest absolute Gasteiger partial charge is 0.380 e. The molecule has 4 saturated carbocycles. The molecule has 72 valence electrons. The number of Topliss-reactive ketones (excluding diaryl/α,β-unsaturated/α-hetero) is 1. The maximum absolute atomic E-state index is 11.9. The van der Waals surface area contributed by atoms with Crippen molar-refractivity contribution in [3.05, 3.63) is 0 Å². The first-order chi connectivity index (χ1) is 6.29. The molecule has 0 spiro atoms. The first-order valence-corrected chi connectivity index (χ1v) is 5.36. The molecule has 4 aliphatic carbocycles. The van der Waals surface area contributed by atoms with E-state index in [1.54, 1.807) is 7.11 Å². The molecular weight excluding hydrogens is 164 g/mol. The van der Waals surface area contributed by atoms with Crippen LogP contribution in [0, 0.1) is 23.7 Å². The van der Waals surface area contributed by atoms with Crippen molar-refractivity contribution in [1.82, 2.24) is 0 Å². The summed E-state index contributed by atoms with van der Waals surface area (Å²) < 4.78 is 5.48. The molecule has 0 saturated heterocycles. The van der Waals surface area contributed by atoms with Crippen LogP contribution in [0.2, 0.25) is 0 Å². The minimum Gasteiger partial charge on any atom is -0.380 e. The van der Waals surface area contributed by atoms with Gasteiger partial charge in [-0.3, -0.25) is 4.79 Å². The quantitative estimate of drug-likeness (QED) is 0.613. The van der Waals surface area contributed by atoms with Gasteiger partial charge in [-0.2, -0.15) is 0 Å². The minimum absolute atomic E-state index is 0.264. The molecule has 0 radical (unpaired) electrons. The van der Waals surface area contributed by atoms with Crippen LogP contribution < -0.4 is 0 Å². The van der Waals surface area contributed by atoms with Crippen molar-refractivity contribution in [3.8, 4) is 0 Å². The Hall–Kier alpha value is -0.370. The average Bonchev–Trinajstić information content (AvgIpc) is 2.13. The third-order valence-electron chi connectivity index (χ3n) is 4.33. The van der Waals surface area contributed by atoms with Gasteiger partial charge < -0.3 is 4.74 Å². The highest BCUT2D eigenvalue weighted by atomic mass is 16.5. The monoisotopic (exact) mass is 180 g/mol. The van der Waals surface area contributed by atoms with Crippen molar-refractivity contribution >= 4 is 5.78 Å². The van der Waals surface area contributed by atoms with E-state index < -0.39 is 0 Å². The predicted molar refractivity (Wildman–Crippen MR) is 48.2 cm³/mol. The van der Waals surface area contributed by atoms with Gasteiger partial charge in [-0.15, -0.1) is 0 Å². The molecule has 0 aliphatic heterocycles. The molecule has 0 aromatic heterocycles. The van der Waals surface area contributed by atoms with Crippen molar-refractivity contribution in [2.45, 2.75) is 31.8 Å². The molecule has 2 heteroatoms. The van der Waals surface area contributed by atoms with Crippen LogP contribution in [0.25, 0.3) is 0 Å². The second-order valence-electron chi connectivity index (χ2n) is 4.98. The van der Waals surface area contributed by atoms with E-state index in [4.69, 9.17) is 4.74 Å². The Labute approximate surface area is 78.6 Å². The lowest BCUT2D eigenvalue weighted by Crippen LogP contribution is -2.54. The Morgan fingerprint density at radius 3 is 2.85 bits per heavy atom. The Balaban J connectivity index is 1.94. The maximum atomic E-state index is 11.9. The number of hydrogen-bond donors (Lipinski definition) is 0. The molecule has 0 unspecified atom stereocenters. The Bertz CT molecular complexity index is 248. The smallest absolute Gasteiger partial charge is 0.141 e. The number of hydrogen-bond acceptors (Lipinski definition) is 2. The van der Waals surface area contributed by atoms with Crippen molar-refractivity contribution in [3.63, 3.8) is 0 Å². The Kier molecular flexibility index (Phi) is 1.58. The fourth-order valence-corrected chi connectivity index (χ4v) is 3.94. The van der Waals surface area contributed by atoms with E-state index >= 15 is 0 Å². The number of rotatable bonds is 1. The van der Waals surface area contributed by atoms with Gasteiger partial charge in [-0.25, -0.2) is 0 Å². The molecule has 0 aromatic carbocycles. The fraction of sp³-hybridized carbons (Fsp3) is 0.909. The molecule has 4 bridgehead atoms. The van der Waals surface area contributed by atoms with Gasteiger partial charge in [0, 0.05) is 18.9 Å². The topological polar surface area (TPSA) is 26.3 Å². The summed E-state index contributed by atoms with van der Waals surface area (Å²) in [5.74, 6) is 2.73. The van der Waals surface area contributed by atoms with Crippen LogP contribution in [0.15, 0.2) is 0 Å². The fourth-order valence-electron chi connectivity index (χ4n) is 3.94. The molecule has 0 amide bonds. The summed E-state index contributed by atoms with van der Waals surface area (Å²) in [4.78, 5) is 11.9. The second kappa shape index (κ2) is 2.57. The zero-order chi connectivity index (χ0) is 9.00. The van der Waals surface area contributed by atoms with Crippen LogP contribution >= 0.6 is 0 Å². The number of carbonyl (C=O) groups excluding carboxylic acids is 1. The van der Waals surface area contributed by atoms with Crippen LogP contribution in [0.4, 0.5) is 0 Å². The van der Waals surface area contributed by atoms with Gasteiger partial charge in [-0.05, 0) is 37.5 Å². The van der Waals surface area contributed by atoms with Crippen molar-refractivity contribution in [2.24, 2.45) is 23.7 Å². The molecule has 2 nitrogen and oxygen atoms in total. The summed E-state index contributed by atoms with van der Waals surface area (Å²) in [6.07, 6.45) is 5.00. The molecular formula is C11H16O2. The predicted octanol–water partition coefficient (Wildman–Crippen LogP) is 1.64. The van der Waals surface area contributed by atoms with Crippen molar-refractivity contribution in [1.29, 1.82) is 0 Å². The third kappa shape index (κ3) is 0.954. The van der Waals surface area contributed by atoms with E-state index in [1.165, 1.54) is 12.8 Å². The highest BCUT2D eigenvalue weighted by Crippen LogP contribution is 2.52. The summed E-state index contributed by atoms with van der Waals surface area (Å²) in [6.45, 7) is 0. The van der Waals surface area contributed by atoms with Gasteiger partial charge in [0.15, 0.2) is 0 Å². The van der Waals surface area contributed by atoms with Gasteiger partial charge in [-0.1, -0.05) is 0 Å². The number of ketones is 1. The zero-order valence-corrected chi connectivity index (χ0v) is 8.03. The molecule has 4 rings (SSSR count). The highest BCUT2D eigenvalue weighted by Gasteiger charge is 2.53. The third-order valence-corrected chi connectivity index (χ3v) is 4.33. The SMILES string of the molecule is CO[C@@H]1[C@H]2C[C@@H]3C[C@H](C2)C(=O)[C@H]1C3.